The molecular weight excluding hydrogens is 168 g/mol. The molecule has 11 heavy (non-hydrogen) atoms. The number of aldehydes is 1. The molecule has 0 saturated carbocycles. The molecule has 66 valence electrons. The quantitative estimate of drug-likeness (QED) is 0.370. The Morgan fingerprint density at radius 3 is 2.27 bits per heavy atom. The van der Waals surface area contributed by atoms with Crippen molar-refractivity contribution in [3.8, 4) is 0 Å². The Kier molecular flexibility index (Phi) is 5.06. The summed E-state index contributed by atoms with van der Waals surface area (Å²) in [6.45, 7) is 0. The summed E-state index contributed by atoms with van der Waals surface area (Å²) in [7, 11) is -3.80. The van der Waals surface area contributed by atoms with Crippen LogP contribution in [0.1, 0.15) is 25.7 Å². The Bertz CT molecular complexity index is 195. The molecule has 0 radical (unpaired) electrons. The Hall–Kier alpha value is -0.420. The predicted molar refractivity (Wildman–Crippen MR) is 40.9 cm³/mol. The highest BCUT2D eigenvalue weighted by Crippen LogP contribution is 1.99. The van der Waals surface area contributed by atoms with Crippen LogP contribution in [0.25, 0.3) is 0 Å². The zero-order chi connectivity index (χ0) is 8.74. The molecule has 0 aromatic heterocycles. The maximum Gasteiger partial charge on any atom is 0.264 e. The molecule has 0 aliphatic rings. The highest BCUT2D eigenvalue weighted by atomic mass is 32.2. The normalized spacial score (nSPS) is 11.4. The fourth-order valence-corrected chi connectivity index (χ4v) is 1.26. The summed E-state index contributed by atoms with van der Waals surface area (Å²) in [6, 6.07) is 0. The van der Waals surface area contributed by atoms with E-state index in [1.165, 1.54) is 0 Å². The maximum atomic E-state index is 10.1. The molecule has 0 fully saturated rings. The van der Waals surface area contributed by atoms with Gasteiger partial charge in [-0.2, -0.15) is 8.42 Å². The van der Waals surface area contributed by atoms with E-state index in [0.29, 0.717) is 25.7 Å². The van der Waals surface area contributed by atoms with Gasteiger partial charge in [-0.1, -0.05) is 6.42 Å². The minimum atomic E-state index is -3.80. The molecule has 0 aliphatic heterocycles. The van der Waals surface area contributed by atoms with Gasteiger partial charge in [-0.3, -0.25) is 4.55 Å². The van der Waals surface area contributed by atoms with Gasteiger partial charge in [0.25, 0.3) is 10.1 Å². The molecule has 4 nitrogen and oxygen atoms in total. The van der Waals surface area contributed by atoms with E-state index >= 15 is 0 Å². The number of hydrogen-bond donors (Lipinski definition) is 1. The molecule has 0 atom stereocenters. The van der Waals surface area contributed by atoms with E-state index in [1.54, 1.807) is 0 Å². The van der Waals surface area contributed by atoms with Crippen molar-refractivity contribution in [1.82, 2.24) is 0 Å². The second-order valence-electron chi connectivity index (χ2n) is 2.30. The minimum absolute atomic E-state index is 0.203. The van der Waals surface area contributed by atoms with Crippen molar-refractivity contribution in [2.75, 3.05) is 5.75 Å². The SMILES string of the molecule is O=CCCCCCS(=O)(=O)O. The predicted octanol–water partition coefficient (Wildman–Crippen LogP) is 0.633. The maximum absolute atomic E-state index is 10.1. The summed E-state index contributed by atoms with van der Waals surface area (Å²) in [5, 5.41) is 0. The first-order valence-corrected chi connectivity index (χ1v) is 5.06. The Morgan fingerprint density at radius 1 is 1.18 bits per heavy atom. The van der Waals surface area contributed by atoms with Gasteiger partial charge in [0.1, 0.15) is 6.29 Å². The van der Waals surface area contributed by atoms with Crippen molar-refractivity contribution < 1.29 is 17.8 Å². The summed E-state index contributed by atoms with van der Waals surface area (Å²) in [6.07, 6.45) is 3.04. The fourth-order valence-electron chi connectivity index (χ4n) is 0.689. The molecule has 5 heteroatoms. The van der Waals surface area contributed by atoms with Gasteiger partial charge in [0, 0.05) is 6.42 Å². The number of carbonyl (C=O) groups excluding carboxylic acids is 1. The summed E-state index contributed by atoms with van der Waals surface area (Å²) in [5.74, 6) is -0.203. The van der Waals surface area contributed by atoms with Crippen LogP contribution in [-0.4, -0.2) is 25.0 Å². The largest absolute Gasteiger partial charge is 0.303 e. The lowest BCUT2D eigenvalue weighted by atomic mass is 10.2. The van der Waals surface area contributed by atoms with Crippen LogP contribution in [0.2, 0.25) is 0 Å². The molecule has 0 amide bonds. The van der Waals surface area contributed by atoms with Crippen molar-refractivity contribution >= 4 is 16.4 Å². The average molecular weight is 180 g/mol. The van der Waals surface area contributed by atoms with Gasteiger partial charge >= 0.3 is 0 Å². The molecule has 0 unspecified atom stereocenters. The topological polar surface area (TPSA) is 71.4 Å². The summed E-state index contributed by atoms with van der Waals surface area (Å²) in [5.41, 5.74) is 0. The lowest BCUT2D eigenvalue weighted by Crippen LogP contribution is -2.03. The lowest BCUT2D eigenvalue weighted by Gasteiger charge is -1.94. The van der Waals surface area contributed by atoms with Gasteiger partial charge in [-0.15, -0.1) is 0 Å². The molecule has 0 aromatic carbocycles. The number of carbonyl (C=O) groups is 1. The van der Waals surface area contributed by atoms with Crippen LogP contribution in [0.5, 0.6) is 0 Å². The second-order valence-corrected chi connectivity index (χ2v) is 3.87. The summed E-state index contributed by atoms with van der Waals surface area (Å²) in [4.78, 5) is 9.80. The number of hydrogen-bond acceptors (Lipinski definition) is 3. The molecule has 0 saturated heterocycles. The highest BCUT2D eigenvalue weighted by Gasteiger charge is 2.02. The Morgan fingerprint density at radius 2 is 1.82 bits per heavy atom. The highest BCUT2D eigenvalue weighted by molar-refractivity contribution is 7.85. The molecule has 0 aromatic rings. The van der Waals surface area contributed by atoms with E-state index in [0.717, 1.165) is 6.29 Å². The number of rotatable bonds is 6. The fraction of sp³-hybridized carbons (Fsp3) is 0.833. The molecule has 1 N–H and O–H groups in total. The van der Waals surface area contributed by atoms with Crippen LogP contribution < -0.4 is 0 Å². The van der Waals surface area contributed by atoms with Crippen LogP contribution in [0, 0.1) is 0 Å². The van der Waals surface area contributed by atoms with E-state index < -0.39 is 10.1 Å². The monoisotopic (exact) mass is 180 g/mol. The van der Waals surface area contributed by atoms with Crippen molar-refractivity contribution in [3.63, 3.8) is 0 Å². The van der Waals surface area contributed by atoms with Gasteiger partial charge in [0.15, 0.2) is 0 Å². The summed E-state index contributed by atoms with van der Waals surface area (Å²) < 4.78 is 28.6. The minimum Gasteiger partial charge on any atom is -0.303 e. The van der Waals surface area contributed by atoms with Gasteiger partial charge in [-0.05, 0) is 12.8 Å². The lowest BCUT2D eigenvalue weighted by molar-refractivity contribution is -0.107. The van der Waals surface area contributed by atoms with Crippen LogP contribution in [0.3, 0.4) is 0 Å². The molecule has 0 rings (SSSR count). The summed E-state index contributed by atoms with van der Waals surface area (Å²) >= 11 is 0. The Labute approximate surface area is 66.4 Å². The molecule has 0 aliphatic carbocycles. The standard InChI is InChI=1S/C6H12O4S/c7-5-3-1-2-4-6-11(8,9)10/h5H,1-4,6H2,(H,8,9,10). The van der Waals surface area contributed by atoms with E-state index in [9.17, 15) is 13.2 Å². The van der Waals surface area contributed by atoms with Gasteiger partial charge in [-0.25, -0.2) is 0 Å². The number of unbranched alkanes of at least 4 members (excludes halogenated alkanes) is 3. The van der Waals surface area contributed by atoms with Crippen LogP contribution in [0.15, 0.2) is 0 Å². The van der Waals surface area contributed by atoms with E-state index in [2.05, 4.69) is 0 Å². The third-order valence-corrected chi connectivity index (χ3v) is 2.03. The molecule has 0 heterocycles. The molecular formula is C6H12O4S. The zero-order valence-corrected chi connectivity index (χ0v) is 7.01. The van der Waals surface area contributed by atoms with E-state index in [1.807, 2.05) is 0 Å². The molecule has 0 spiro atoms. The van der Waals surface area contributed by atoms with Crippen molar-refractivity contribution in [2.24, 2.45) is 0 Å². The van der Waals surface area contributed by atoms with Crippen LogP contribution in [0.4, 0.5) is 0 Å². The van der Waals surface area contributed by atoms with Crippen molar-refractivity contribution in [3.05, 3.63) is 0 Å². The van der Waals surface area contributed by atoms with Gasteiger partial charge in [0.05, 0.1) is 5.75 Å². The first-order chi connectivity index (χ1) is 5.06. The molecule has 0 bridgehead atoms. The van der Waals surface area contributed by atoms with E-state index in [-0.39, 0.29) is 5.75 Å². The average Bonchev–Trinajstić information content (AvgIpc) is 1.85. The van der Waals surface area contributed by atoms with Crippen LogP contribution >= 0.6 is 0 Å². The first kappa shape index (κ1) is 10.6. The van der Waals surface area contributed by atoms with Gasteiger partial charge < -0.3 is 4.79 Å². The van der Waals surface area contributed by atoms with Gasteiger partial charge in [0.2, 0.25) is 0 Å². The zero-order valence-electron chi connectivity index (χ0n) is 6.19. The third-order valence-electron chi connectivity index (χ3n) is 1.22. The van der Waals surface area contributed by atoms with Crippen LogP contribution in [-0.2, 0) is 14.9 Å². The van der Waals surface area contributed by atoms with E-state index in [4.69, 9.17) is 4.55 Å². The first-order valence-electron chi connectivity index (χ1n) is 3.45. The Balaban J connectivity index is 3.22. The van der Waals surface area contributed by atoms with Crippen molar-refractivity contribution in [1.29, 1.82) is 0 Å². The third kappa shape index (κ3) is 9.58. The smallest absolute Gasteiger partial charge is 0.264 e. The van der Waals surface area contributed by atoms with Crippen molar-refractivity contribution in [2.45, 2.75) is 25.7 Å². The second kappa shape index (κ2) is 5.26.